The van der Waals surface area contributed by atoms with E-state index in [4.69, 9.17) is 5.73 Å². The molecule has 0 aliphatic heterocycles. The fourth-order valence-electron chi connectivity index (χ4n) is 3.28. The molecular formula is C22H18N4O. The van der Waals surface area contributed by atoms with E-state index < -0.39 is 0 Å². The Morgan fingerprint density at radius 3 is 2.67 bits per heavy atom. The minimum atomic E-state index is -0.0867. The minimum Gasteiger partial charge on any atom is -0.404 e. The first-order chi connectivity index (χ1) is 13.2. The molecule has 0 unspecified atom stereocenters. The Labute approximate surface area is 156 Å². The maximum atomic E-state index is 12.7. The highest BCUT2D eigenvalue weighted by Gasteiger charge is 2.11. The summed E-state index contributed by atoms with van der Waals surface area (Å²) >= 11 is 0. The Bertz CT molecular complexity index is 1250. The van der Waals surface area contributed by atoms with Crippen LogP contribution in [0.4, 0.5) is 0 Å². The van der Waals surface area contributed by atoms with E-state index in [-0.39, 0.29) is 5.56 Å². The van der Waals surface area contributed by atoms with E-state index in [2.05, 4.69) is 9.98 Å². The van der Waals surface area contributed by atoms with Crippen LogP contribution in [0.5, 0.6) is 0 Å². The van der Waals surface area contributed by atoms with Crippen LogP contribution in [-0.4, -0.2) is 22.8 Å². The van der Waals surface area contributed by atoms with Gasteiger partial charge in [-0.1, -0.05) is 24.3 Å². The summed E-state index contributed by atoms with van der Waals surface area (Å²) in [4.78, 5) is 21.4. The number of pyridine rings is 2. The van der Waals surface area contributed by atoms with E-state index in [0.717, 1.165) is 38.6 Å². The van der Waals surface area contributed by atoms with Crippen LogP contribution >= 0.6 is 0 Å². The second-order valence-corrected chi connectivity index (χ2v) is 6.15. The third-order valence-corrected chi connectivity index (χ3v) is 4.51. The number of rotatable bonds is 3. The number of allylic oxidation sites excluding steroid dienone is 1. The van der Waals surface area contributed by atoms with Crippen molar-refractivity contribution in [1.29, 1.82) is 0 Å². The van der Waals surface area contributed by atoms with Gasteiger partial charge >= 0.3 is 0 Å². The van der Waals surface area contributed by atoms with Gasteiger partial charge in [-0.2, -0.15) is 0 Å². The maximum Gasteiger partial charge on any atom is 0.255 e. The second kappa shape index (κ2) is 6.88. The lowest BCUT2D eigenvalue weighted by molar-refractivity contribution is 1.05. The van der Waals surface area contributed by atoms with Crippen molar-refractivity contribution in [3.05, 3.63) is 89.0 Å². The summed E-state index contributed by atoms with van der Waals surface area (Å²) in [6.07, 6.45) is 5.03. The zero-order valence-corrected chi connectivity index (χ0v) is 14.8. The lowest BCUT2D eigenvalue weighted by atomic mass is 10.0. The van der Waals surface area contributed by atoms with Crippen LogP contribution in [0, 0.1) is 0 Å². The first kappa shape index (κ1) is 16.7. The van der Waals surface area contributed by atoms with E-state index in [1.54, 1.807) is 30.1 Å². The van der Waals surface area contributed by atoms with Crippen LogP contribution in [0.1, 0.15) is 5.56 Å². The fraction of sp³-hybridized carbons (Fsp3) is 0.0455. The molecule has 0 spiro atoms. The van der Waals surface area contributed by atoms with Gasteiger partial charge in [-0.05, 0) is 35.9 Å². The highest BCUT2D eigenvalue weighted by Crippen LogP contribution is 2.27. The molecule has 0 bridgehead atoms. The summed E-state index contributed by atoms with van der Waals surface area (Å²) in [7, 11) is 1.70. The second-order valence-electron chi connectivity index (χ2n) is 6.15. The van der Waals surface area contributed by atoms with Gasteiger partial charge in [-0.3, -0.25) is 19.3 Å². The van der Waals surface area contributed by atoms with Crippen molar-refractivity contribution in [2.75, 3.05) is 7.05 Å². The van der Waals surface area contributed by atoms with Gasteiger partial charge in [0.25, 0.3) is 5.56 Å². The predicted octanol–water partition coefficient (Wildman–Crippen LogP) is 3.54. The summed E-state index contributed by atoms with van der Waals surface area (Å²) in [6.45, 7) is 0. The van der Waals surface area contributed by atoms with Gasteiger partial charge in [0, 0.05) is 53.8 Å². The Kier molecular flexibility index (Phi) is 4.26. The predicted molar refractivity (Wildman–Crippen MR) is 111 cm³/mol. The normalized spacial score (nSPS) is 12.3. The van der Waals surface area contributed by atoms with Gasteiger partial charge in [0.2, 0.25) is 0 Å². The zero-order chi connectivity index (χ0) is 18.8. The van der Waals surface area contributed by atoms with Crippen LogP contribution in [0.25, 0.3) is 33.1 Å². The zero-order valence-electron chi connectivity index (χ0n) is 14.8. The Balaban J connectivity index is 2.14. The average molecular weight is 354 g/mol. The molecule has 0 saturated carbocycles. The van der Waals surface area contributed by atoms with Crippen LogP contribution in [0.2, 0.25) is 0 Å². The van der Waals surface area contributed by atoms with Gasteiger partial charge in [0.15, 0.2) is 0 Å². The van der Waals surface area contributed by atoms with Crippen LogP contribution in [-0.2, 0) is 0 Å². The van der Waals surface area contributed by atoms with Crippen LogP contribution < -0.4 is 11.3 Å². The molecule has 5 heteroatoms. The molecule has 0 radical (unpaired) electrons. The number of hydrogen-bond acceptors (Lipinski definition) is 4. The number of aromatic nitrogens is 2. The molecule has 4 rings (SSSR count). The first-order valence-electron chi connectivity index (χ1n) is 8.57. The SMILES string of the molecule is CN=CC(=CN)c1ccc2ncc3ccc(=O)n(-c4ccccc4)c3c2c1. The molecular weight excluding hydrogens is 336 g/mol. The standard InChI is InChI=1S/C22H18N4O/c1-24-13-17(12-23)15-7-9-20-19(11-15)22-16(14-25-20)8-10-21(27)26(22)18-5-3-2-4-6-18/h2-14H,23H2,1H3. The van der Waals surface area contributed by atoms with Gasteiger partial charge in [-0.25, -0.2) is 0 Å². The Hall–Kier alpha value is -3.73. The van der Waals surface area contributed by atoms with E-state index in [0.29, 0.717) is 0 Å². The molecule has 0 amide bonds. The van der Waals surface area contributed by atoms with Crippen molar-refractivity contribution in [2.24, 2.45) is 10.7 Å². The fourth-order valence-corrected chi connectivity index (χ4v) is 3.28. The molecule has 4 aromatic rings. The molecule has 2 heterocycles. The van der Waals surface area contributed by atoms with Gasteiger partial charge in [0.05, 0.1) is 11.0 Å². The number of para-hydroxylation sites is 1. The van der Waals surface area contributed by atoms with Crippen LogP contribution in [0.3, 0.4) is 0 Å². The highest BCUT2D eigenvalue weighted by molar-refractivity contribution is 6.12. The molecule has 5 nitrogen and oxygen atoms in total. The molecule has 0 saturated heterocycles. The summed E-state index contributed by atoms with van der Waals surface area (Å²) in [6, 6.07) is 18.9. The summed E-state index contributed by atoms with van der Waals surface area (Å²) in [5.74, 6) is 0. The quantitative estimate of drug-likeness (QED) is 0.452. The minimum absolute atomic E-state index is 0.0867. The molecule has 0 fully saturated rings. The molecule has 2 N–H and O–H groups in total. The Morgan fingerprint density at radius 2 is 1.93 bits per heavy atom. The maximum absolute atomic E-state index is 12.7. The molecule has 0 aliphatic carbocycles. The van der Waals surface area contributed by atoms with E-state index >= 15 is 0 Å². The first-order valence-corrected chi connectivity index (χ1v) is 8.57. The van der Waals surface area contributed by atoms with Crippen molar-refractivity contribution >= 4 is 33.6 Å². The van der Waals surface area contributed by atoms with Gasteiger partial charge < -0.3 is 5.73 Å². The monoisotopic (exact) mass is 354 g/mol. The highest BCUT2D eigenvalue weighted by atomic mass is 16.1. The molecule has 0 atom stereocenters. The number of aliphatic imine (C=N–C) groups is 1. The van der Waals surface area contributed by atoms with E-state index in [1.165, 1.54) is 6.20 Å². The largest absolute Gasteiger partial charge is 0.404 e. The number of benzene rings is 2. The number of fused-ring (bicyclic) bond motifs is 3. The smallest absolute Gasteiger partial charge is 0.255 e. The third kappa shape index (κ3) is 2.89. The van der Waals surface area contributed by atoms with Gasteiger partial charge in [0.1, 0.15) is 0 Å². The summed E-state index contributed by atoms with van der Waals surface area (Å²) in [5.41, 5.74) is 9.86. The number of hydrogen-bond donors (Lipinski definition) is 1. The number of nitrogens with zero attached hydrogens (tertiary/aromatic N) is 3. The average Bonchev–Trinajstić information content (AvgIpc) is 2.72. The molecule has 2 aromatic carbocycles. The Morgan fingerprint density at radius 1 is 1.11 bits per heavy atom. The lowest BCUT2D eigenvalue weighted by Gasteiger charge is -2.13. The lowest BCUT2D eigenvalue weighted by Crippen LogP contribution is -2.17. The van der Waals surface area contributed by atoms with Crippen molar-refractivity contribution in [3.8, 4) is 5.69 Å². The van der Waals surface area contributed by atoms with Crippen molar-refractivity contribution in [1.82, 2.24) is 9.55 Å². The number of nitrogens with two attached hydrogens (primary N) is 1. The topological polar surface area (TPSA) is 73.3 Å². The van der Waals surface area contributed by atoms with E-state index in [9.17, 15) is 4.79 Å². The molecule has 132 valence electrons. The third-order valence-electron chi connectivity index (χ3n) is 4.51. The van der Waals surface area contributed by atoms with Crippen molar-refractivity contribution in [3.63, 3.8) is 0 Å². The van der Waals surface area contributed by atoms with Crippen molar-refractivity contribution < 1.29 is 0 Å². The molecule has 2 aromatic heterocycles. The summed E-state index contributed by atoms with van der Waals surface area (Å²) in [5, 5.41) is 1.78. The van der Waals surface area contributed by atoms with Crippen LogP contribution in [0.15, 0.2) is 82.8 Å². The molecule has 0 aliphatic rings. The summed E-state index contributed by atoms with van der Waals surface area (Å²) < 4.78 is 1.73. The van der Waals surface area contributed by atoms with E-state index in [1.807, 2.05) is 54.6 Å². The molecule has 27 heavy (non-hydrogen) atoms. The van der Waals surface area contributed by atoms with Gasteiger partial charge in [-0.15, -0.1) is 0 Å². The van der Waals surface area contributed by atoms with Crippen molar-refractivity contribution in [2.45, 2.75) is 0 Å².